The Balaban J connectivity index is 1.04. The molecule has 10 aromatic rings. The zero-order valence-corrected chi connectivity index (χ0v) is 31.4. The lowest BCUT2D eigenvalue weighted by Gasteiger charge is -2.13. The first kappa shape index (κ1) is 33.5. The van der Waals surface area contributed by atoms with Gasteiger partial charge < -0.3 is 14.3 Å². The van der Waals surface area contributed by atoms with Gasteiger partial charge in [-0.05, 0) is 77.5 Å². The highest BCUT2D eigenvalue weighted by atomic mass is 16.3. The van der Waals surface area contributed by atoms with Crippen LogP contribution in [0.1, 0.15) is 5.82 Å². The Bertz CT molecular complexity index is 3180. The number of rotatable bonds is 7. The van der Waals surface area contributed by atoms with E-state index >= 15 is 0 Å². The summed E-state index contributed by atoms with van der Waals surface area (Å²) in [6, 6.07) is 57.4. The molecule has 5 heterocycles. The van der Waals surface area contributed by atoms with E-state index in [4.69, 9.17) is 14.4 Å². The normalized spacial score (nSPS) is 12.6. The first-order valence-electron chi connectivity index (χ1n) is 19.5. The molecule has 0 aliphatic carbocycles. The van der Waals surface area contributed by atoms with Crippen LogP contribution in [0.25, 0.3) is 100 Å². The van der Waals surface area contributed by atoms with Crippen LogP contribution in [0.15, 0.2) is 199 Å². The summed E-state index contributed by atoms with van der Waals surface area (Å²) in [6.07, 6.45) is 9.75. The first-order chi connectivity index (χ1) is 28.8. The van der Waals surface area contributed by atoms with Crippen molar-refractivity contribution in [1.29, 1.82) is 0 Å². The SMILES string of the molecule is C1=CC(c2nc(-c3ccc(-c4ccncc4)cc3)cc(-c3ccc(-n4c5ccccc5c5c6oc(-c7ccccc7)c(-c7ccccc7)c6ccc54)cc3)n2)=CCN1. The molecule has 1 N–H and O–H groups in total. The number of fused-ring (bicyclic) bond motifs is 5. The predicted octanol–water partition coefficient (Wildman–Crippen LogP) is 12.6. The van der Waals surface area contributed by atoms with Gasteiger partial charge in [-0.2, -0.15) is 0 Å². The molecule has 6 aromatic carbocycles. The molecule has 0 unspecified atom stereocenters. The average Bonchev–Trinajstić information content (AvgIpc) is 3.87. The van der Waals surface area contributed by atoms with Crippen molar-refractivity contribution < 1.29 is 4.42 Å². The summed E-state index contributed by atoms with van der Waals surface area (Å²) in [5.41, 5.74) is 14.4. The lowest BCUT2D eigenvalue weighted by Crippen LogP contribution is -2.09. The van der Waals surface area contributed by atoms with Crippen molar-refractivity contribution in [3.05, 3.63) is 200 Å². The fraction of sp³-hybridized carbons (Fsp3) is 0.0192. The van der Waals surface area contributed by atoms with E-state index in [9.17, 15) is 0 Å². The summed E-state index contributed by atoms with van der Waals surface area (Å²) in [6.45, 7) is 0.730. The Morgan fingerprint density at radius 1 is 0.534 bits per heavy atom. The van der Waals surface area contributed by atoms with Gasteiger partial charge in [0.15, 0.2) is 5.82 Å². The van der Waals surface area contributed by atoms with Gasteiger partial charge in [-0.15, -0.1) is 0 Å². The minimum Gasteiger partial charge on any atom is -0.455 e. The lowest BCUT2D eigenvalue weighted by atomic mass is 9.98. The molecule has 0 radical (unpaired) electrons. The molecule has 0 atom stereocenters. The van der Waals surface area contributed by atoms with Crippen LogP contribution >= 0.6 is 0 Å². The molecule has 274 valence electrons. The largest absolute Gasteiger partial charge is 0.455 e. The number of hydrogen-bond donors (Lipinski definition) is 1. The zero-order valence-electron chi connectivity index (χ0n) is 31.4. The predicted molar refractivity (Wildman–Crippen MR) is 236 cm³/mol. The van der Waals surface area contributed by atoms with Crippen molar-refractivity contribution in [1.82, 2.24) is 24.8 Å². The van der Waals surface area contributed by atoms with Gasteiger partial charge >= 0.3 is 0 Å². The van der Waals surface area contributed by atoms with Gasteiger partial charge in [0.05, 0.1) is 27.8 Å². The summed E-state index contributed by atoms with van der Waals surface area (Å²) in [5.74, 6) is 1.57. The molecule has 11 rings (SSSR count). The van der Waals surface area contributed by atoms with Crippen LogP contribution in [-0.2, 0) is 0 Å². The Morgan fingerprint density at radius 2 is 1.17 bits per heavy atom. The average molecular weight is 746 g/mol. The Hall–Kier alpha value is -7.83. The van der Waals surface area contributed by atoms with Crippen molar-refractivity contribution in [3.63, 3.8) is 0 Å². The van der Waals surface area contributed by atoms with E-state index in [-0.39, 0.29) is 0 Å². The van der Waals surface area contributed by atoms with Crippen molar-refractivity contribution >= 4 is 38.3 Å². The number of nitrogens with zero attached hydrogens (tertiary/aromatic N) is 4. The second-order valence-electron chi connectivity index (χ2n) is 14.5. The number of furan rings is 1. The highest BCUT2D eigenvalue weighted by Crippen LogP contribution is 2.46. The van der Waals surface area contributed by atoms with Gasteiger partial charge in [0, 0.05) is 63.2 Å². The Morgan fingerprint density at radius 3 is 1.88 bits per heavy atom. The maximum absolute atomic E-state index is 6.98. The monoisotopic (exact) mass is 745 g/mol. The molecule has 0 bridgehead atoms. The minimum absolute atomic E-state index is 0.696. The summed E-state index contributed by atoms with van der Waals surface area (Å²) < 4.78 is 9.32. The highest BCUT2D eigenvalue weighted by Gasteiger charge is 2.23. The third-order valence-electron chi connectivity index (χ3n) is 11.0. The van der Waals surface area contributed by atoms with Gasteiger partial charge in [-0.1, -0.05) is 121 Å². The van der Waals surface area contributed by atoms with Gasteiger partial charge in [-0.25, -0.2) is 9.97 Å². The van der Waals surface area contributed by atoms with Crippen molar-refractivity contribution in [3.8, 4) is 61.8 Å². The third-order valence-corrected chi connectivity index (χ3v) is 11.0. The number of allylic oxidation sites excluding steroid dienone is 2. The van der Waals surface area contributed by atoms with Crippen molar-refractivity contribution in [2.45, 2.75) is 0 Å². The van der Waals surface area contributed by atoms with Gasteiger partial charge in [0.25, 0.3) is 0 Å². The van der Waals surface area contributed by atoms with Crippen molar-refractivity contribution in [2.75, 3.05) is 6.54 Å². The molecule has 0 fully saturated rings. The third kappa shape index (κ3) is 5.78. The Kier molecular flexibility index (Phi) is 8.11. The lowest BCUT2D eigenvalue weighted by molar-refractivity contribution is 0.636. The van der Waals surface area contributed by atoms with Crippen LogP contribution in [0.3, 0.4) is 0 Å². The molecule has 0 spiro atoms. The maximum Gasteiger partial charge on any atom is 0.160 e. The number of pyridine rings is 1. The number of nitrogens with one attached hydrogen (secondary N) is 1. The van der Waals surface area contributed by atoms with Crippen LogP contribution in [0, 0.1) is 0 Å². The number of hydrogen-bond acceptors (Lipinski definition) is 5. The van der Waals surface area contributed by atoms with Crippen LogP contribution in [0.4, 0.5) is 0 Å². The summed E-state index contributed by atoms with van der Waals surface area (Å²) in [4.78, 5) is 14.4. The smallest absolute Gasteiger partial charge is 0.160 e. The fourth-order valence-electron chi connectivity index (χ4n) is 8.22. The van der Waals surface area contributed by atoms with Crippen molar-refractivity contribution in [2.24, 2.45) is 0 Å². The second kappa shape index (κ2) is 14.0. The second-order valence-corrected chi connectivity index (χ2v) is 14.5. The van der Waals surface area contributed by atoms with E-state index < -0.39 is 0 Å². The molecule has 1 aliphatic heterocycles. The molecule has 58 heavy (non-hydrogen) atoms. The molecule has 4 aromatic heterocycles. The molecule has 6 heteroatoms. The minimum atomic E-state index is 0.696. The molecule has 0 saturated heterocycles. The fourth-order valence-corrected chi connectivity index (χ4v) is 8.22. The van der Waals surface area contributed by atoms with Gasteiger partial charge in [0.2, 0.25) is 0 Å². The summed E-state index contributed by atoms with van der Waals surface area (Å²) in [5, 5.41) is 6.58. The van der Waals surface area contributed by atoms with E-state index in [1.807, 2.05) is 42.9 Å². The van der Waals surface area contributed by atoms with E-state index in [2.05, 4.69) is 167 Å². The Labute approximate surface area is 335 Å². The van der Waals surface area contributed by atoms with E-state index in [1.165, 1.54) is 0 Å². The number of aromatic nitrogens is 4. The summed E-state index contributed by atoms with van der Waals surface area (Å²) >= 11 is 0. The maximum atomic E-state index is 6.98. The van der Waals surface area contributed by atoms with E-state index in [1.54, 1.807) is 0 Å². The van der Waals surface area contributed by atoms with E-state index in [0.29, 0.717) is 5.82 Å². The van der Waals surface area contributed by atoms with Crippen LogP contribution in [0.2, 0.25) is 0 Å². The topological polar surface area (TPSA) is 68.8 Å². The zero-order chi connectivity index (χ0) is 38.4. The van der Waals surface area contributed by atoms with Crippen LogP contribution in [-0.4, -0.2) is 26.1 Å². The number of benzene rings is 6. The molecule has 0 saturated carbocycles. The molecule has 1 aliphatic rings. The van der Waals surface area contributed by atoms with Gasteiger partial charge in [0.1, 0.15) is 11.3 Å². The standard InChI is InChI=1S/C52H35N5O/c1-3-9-38(10-4-1)48-43-23-24-47-49(51(43)58-50(48)39-11-5-2-6-12-39)42-13-7-8-14-46(42)57(47)41-21-19-37(20-22-41)45-33-44(55-52(56-45)40-27-31-54-32-28-40)36-17-15-34(16-18-36)35-25-29-53-30-26-35/h1-31,33,54H,32H2. The number of para-hydroxylation sites is 1. The first-order valence-corrected chi connectivity index (χ1v) is 19.5. The van der Waals surface area contributed by atoms with Gasteiger partial charge in [-0.3, -0.25) is 4.98 Å². The molecule has 0 amide bonds. The molecular weight excluding hydrogens is 711 g/mol. The summed E-state index contributed by atoms with van der Waals surface area (Å²) in [7, 11) is 0. The number of dihydropyridines is 1. The van der Waals surface area contributed by atoms with Crippen LogP contribution < -0.4 is 5.32 Å². The molecular formula is C52H35N5O. The highest BCUT2D eigenvalue weighted by molar-refractivity contribution is 6.22. The van der Waals surface area contributed by atoms with Crippen LogP contribution in [0.5, 0.6) is 0 Å². The molecule has 6 nitrogen and oxygen atoms in total. The quantitative estimate of drug-likeness (QED) is 0.176. The van der Waals surface area contributed by atoms with E-state index in [0.717, 1.165) is 107 Å².